The number of halogens is 4. The van der Waals surface area contributed by atoms with Crippen molar-refractivity contribution >= 4 is 17.5 Å². The number of hydrogen-bond donors (Lipinski definition) is 2. The van der Waals surface area contributed by atoms with E-state index in [2.05, 4.69) is 0 Å². The van der Waals surface area contributed by atoms with E-state index in [0.717, 1.165) is 0 Å². The van der Waals surface area contributed by atoms with Gasteiger partial charge in [0.15, 0.2) is 17.5 Å². The van der Waals surface area contributed by atoms with Gasteiger partial charge in [-0.15, -0.1) is 11.6 Å². The average molecular weight is 267 g/mol. The van der Waals surface area contributed by atoms with E-state index in [9.17, 15) is 18.0 Å². The van der Waals surface area contributed by atoms with Gasteiger partial charge in [-0.2, -0.15) is 0 Å². The van der Waals surface area contributed by atoms with Crippen LogP contribution in [0.15, 0.2) is 12.1 Å². The highest BCUT2D eigenvalue weighted by Gasteiger charge is 2.37. The van der Waals surface area contributed by atoms with Crippen LogP contribution < -0.4 is 11.3 Å². The predicted octanol–water partition coefficient (Wildman–Crippen LogP) is 1.94. The lowest BCUT2D eigenvalue weighted by Crippen LogP contribution is -2.43. The van der Waals surface area contributed by atoms with E-state index in [1.807, 2.05) is 0 Å². The molecule has 0 aliphatic rings. The lowest BCUT2D eigenvalue weighted by molar-refractivity contribution is -0.124. The molecule has 7 heteroatoms. The number of hydrazine groups is 1. The van der Waals surface area contributed by atoms with E-state index in [4.69, 9.17) is 17.4 Å². The third-order valence-corrected chi connectivity index (χ3v) is 3.08. The van der Waals surface area contributed by atoms with Crippen molar-refractivity contribution in [3.05, 3.63) is 35.1 Å². The Labute approximate surface area is 101 Å². The fourth-order valence-electron chi connectivity index (χ4n) is 1.39. The number of amides is 1. The Morgan fingerprint density at radius 3 is 2.24 bits per heavy atom. The largest absolute Gasteiger partial charge is 0.292 e. The third kappa shape index (κ3) is 2.37. The molecule has 1 aromatic rings. The van der Waals surface area contributed by atoms with Crippen molar-refractivity contribution in [2.45, 2.75) is 18.2 Å². The summed E-state index contributed by atoms with van der Waals surface area (Å²) in [4.78, 5) is 9.73. The summed E-state index contributed by atoms with van der Waals surface area (Å²) < 4.78 is 38.8. The highest BCUT2D eigenvalue weighted by Crippen LogP contribution is 2.34. The van der Waals surface area contributed by atoms with Gasteiger partial charge in [-0.1, -0.05) is 6.92 Å². The monoisotopic (exact) mass is 266 g/mol. The topological polar surface area (TPSA) is 55.1 Å². The van der Waals surface area contributed by atoms with E-state index in [0.29, 0.717) is 12.1 Å². The van der Waals surface area contributed by atoms with Gasteiger partial charge >= 0.3 is 0 Å². The van der Waals surface area contributed by atoms with E-state index in [1.165, 1.54) is 6.92 Å². The van der Waals surface area contributed by atoms with Crippen LogP contribution in [-0.2, 0) is 9.67 Å². The molecular formula is C10H10ClF3N2O. The molecular weight excluding hydrogens is 257 g/mol. The van der Waals surface area contributed by atoms with Crippen molar-refractivity contribution in [2.75, 3.05) is 0 Å². The van der Waals surface area contributed by atoms with Crippen LogP contribution in [0.1, 0.15) is 18.9 Å². The van der Waals surface area contributed by atoms with Crippen molar-refractivity contribution in [1.29, 1.82) is 0 Å². The maximum atomic E-state index is 13.0. The lowest BCUT2D eigenvalue weighted by atomic mass is 9.94. The first-order chi connectivity index (χ1) is 7.86. The molecule has 0 saturated carbocycles. The molecule has 0 fully saturated rings. The van der Waals surface area contributed by atoms with Gasteiger partial charge in [0.25, 0.3) is 5.91 Å². The second-order valence-corrected chi connectivity index (χ2v) is 4.03. The van der Waals surface area contributed by atoms with Crippen LogP contribution in [0.2, 0.25) is 0 Å². The molecule has 1 atom stereocenters. The summed E-state index contributed by atoms with van der Waals surface area (Å²) >= 11 is 5.95. The molecule has 3 N–H and O–H groups in total. The number of carbonyl (C=O) groups excluding carboxylic acids is 1. The van der Waals surface area contributed by atoms with Crippen molar-refractivity contribution in [1.82, 2.24) is 5.43 Å². The summed E-state index contributed by atoms with van der Waals surface area (Å²) in [6.45, 7) is 1.53. The quantitative estimate of drug-likeness (QED) is 0.289. The molecule has 1 amide bonds. The Bertz CT molecular complexity index is 432. The minimum atomic E-state index is -1.73. The van der Waals surface area contributed by atoms with Crippen LogP contribution in [0.25, 0.3) is 0 Å². The Balaban J connectivity index is 3.36. The predicted molar refractivity (Wildman–Crippen MR) is 56.5 cm³/mol. The van der Waals surface area contributed by atoms with E-state index >= 15 is 0 Å². The Kier molecular flexibility index (Phi) is 4.00. The molecule has 0 spiro atoms. The third-order valence-electron chi connectivity index (χ3n) is 2.42. The number of nitrogens with one attached hydrogen (secondary N) is 1. The minimum Gasteiger partial charge on any atom is -0.292 e. The number of benzene rings is 1. The van der Waals surface area contributed by atoms with Crippen molar-refractivity contribution < 1.29 is 18.0 Å². The van der Waals surface area contributed by atoms with E-state index < -0.39 is 28.2 Å². The first-order valence-corrected chi connectivity index (χ1v) is 5.09. The van der Waals surface area contributed by atoms with Crippen LogP contribution in [0, 0.1) is 17.5 Å². The van der Waals surface area contributed by atoms with Crippen molar-refractivity contribution in [3.8, 4) is 0 Å². The van der Waals surface area contributed by atoms with Gasteiger partial charge < -0.3 is 0 Å². The van der Waals surface area contributed by atoms with Gasteiger partial charge in [0, 0.05) is 0 Å². The van der Waals surface area contributed by atoms with Crippen LogP contribution in [-0.4, -0.2) is 5.91 Å². The standard InChI is InChI=1S/C10H10ClF3N2O/c1-2-10(11,9(17)16-15)5-3-6(12)8(14)7(13)4-5/h3-4H,2,15H2,1H3,(H,16,17). The van der Waals surface area contributed by atoms with Gasteiger partial charge in [0.1, 0.15) is 4.87 Å². The fourth-order valence-corrected chi connectivity index (χ4v) is 1.56. The average Bonchev–Trinajstić information content (AvgIpc) is 2.33. The Morgan fingerprint density at radius 2 is 1.88 bits per heavy atom. The zero-order valence-electron chi connectivity index (χ0n) is 8.86. The van der Waals surface area contributed by atoms with Crippen molar-refractivity contribution in [3.63, 3.8) is 0 Å². The number of hydrogen-bond acceptors (Lipinski definition) is 2. The van der Waals surface area contributed by atoms with Crippen molar-refractivity contribution in [2.24, 2.45) is 5.84 Å². The fraction of sp³-hybridized carbons (Fsp3) is 0.300. The van der Waals surface area contributed by atoms with Crippen LogP contribution in [0.4, 0.5) is 13.2 Å². The second-order valence-electron chi connectivity index (χ2n) is 3.38. The molecule has 0 bridgehead atoms. The first-order valence-electron chi connectivity index (χ1n) is 4.71. The molecule has 17 heavy (non-hydrogen) atoms. The van der Waals surface area contributed by atoms with Gasteiger partial charge in [0.2, 0.25) is 0 Å². The molecule has 3 nitrogen and oxygen atoms in total. The summed E-state index contributed by atoms with van der Waals surface area (Å²) in [6, 6.07) is 1.34. The number of alkyl halides is 1. The molecule has 1 rings (SSSR count). The normalized spacial score (nSPS) is 14.2. The number of rotatable bonds is 3. The van der Waals surface area contributed by atoms with Gasteiger partial charge in [-0.3, -0.25) is 10.2 Å². The minimum absolute atomic E-state index is 0.0299. The molecule has 0 heterocycles. The highest BCUT2D eigenvalue weighted by atomic mass is 35.5. The summed E-state index contributed by atoms with van der Waals surface area (Å²) in [5, 5.41) is 0. The summed E-state index contributed by atoms with van der Waals surface area (Å²) in [5.74, 6) is -0.336. The maximum absolute atomic E-state index is 13.0. The summed E-state index contributed by atoms with van der Waals surface area (Å²) in [5.41, 5.74) is 1.61. The smallest absolute Gasteiger partial charge is 0.259 e. The Morgan fingerprint density at radius 1 is 1.41 bits per heavy atom. The molecule has 0 radical (unpaired) electrons. The molecule has 0 saturated heterocycles. The summed E-state index contributed by atoms with van der Waals surface area (Å²) in [7, 11) is 0. The maximum Gasteiger partial charge on any atom is 0.259 e. The highest BCUT2D eigenvalue weighted by molar-refractivity contribution is 6.34. The molecule has 1 unspecified atom stereocenters. The van der Waals surface area contributed by atoms with E-state index in [-0.39, 0.29) is 12.0 Å². The zero-order chi connectivity index (χ0) is 13.2. The number of nitrogens with two attached hydrogens (primary N) is 1. The molecule has 0 aliphatic carbocycles. The zero-order valence-corrected chi connectivity index (χ0v) is 9.62. The molecule has 1 aromatic carbocycles. The van der Waals surface area contributed by atoms with Crippen LogP contribution in [0.3, 0.4) is 0 Å². The van der Waals surface area contributed by atoms with Gasteiger partial charge in [-0.05, 0) is 24.1 Å². The first kappa shape index (κ1) is 13.8. The van der Waals surface area contributed by atoms with Crippen LogP contribution in [0.5, 0.6) is 0 Å². The lowest BCUT2D eigenvalue weighted by Gasteiger charge is -2.24. The van der Waals surface area contributed by atoms with Gasteiger partial charge in [0.05, 0.1) is 0 Å². The van der Waals surface area contributed by atoms with E-state index in [1.54, 1.807) is 5.43 Å². The molecule has 0 aliphatic heterocycles. The molecule has 94 valence electrons. The summed E-state index contributed by atoms with van der Waals surface area (Å²) in [6.07, 6.45) is 0.0299. The Hall–Kier alpha value is -1.27. The molecule has 0 aromatic heterocycles. The van der Waals surface area contributed by atoms with Crippen LogP contribution >= 0.6 is 11.6 Å². The van der Waals surface area contributed by atoms with Gasteiger partial charge in [-0.25, -0.2) is 19.0 Å². The SMILES string of the molecule is CCC(Cl)(C(=O)NN)c1cc(F)c(F)c(F)c1. The second kappa shape index (κ2) is 4.93. The number of carbonyl (C=O) groups is 1.